The number of nitrogens with one attached hydrogen (secondary N) is 1. The molecule has 0 aliphatic rings. The van der Waals surface area contributed by atoms with Crippen molar-refractivity contribution in [2.75, 3.05) is 5.32 Å². The first-order chi connectivity index (χ1) is 10.6. The van der Waals surface area contributed by atoms with Gasteiger partial charge in [-0.15, -0.1) is 10.2 Å². The number of rotatable bonds is 5. The number of anilines is 2. The smallest absolute Gasteiger partial charge is 0.210 e. The molecule has 22 heavy (non-hydrogen) atoms. The van der Waals surface area contributed by atoms with Crippen LogP contribution in [-0.4, -0.2) is 19.7 Å². The first kappa shape index (κ1) is 15.1. The third-order valence-corrected chi connectivity index (χ3v) is 5.47. The van der Waals surface area contributed by atoms with Gasteiger partial charge in [0.25, 0.3) is 0 Å². The molecule has 2 aromatic heterocycles. The minimum Gasteiger partial charge on any atom is -0.337 e. The number of aryl methyl sites for hydroxylation is 2. The van der Waals surface area contributed by atoms with Crippen LogP contribution in [0.5, 0.6) is 0 Å². The van der Waals surface area contributed by atoms with Crippen molar-refractivity contribution < 1.29 is 0 Å². The van der Waals surface area contributed by atoms with Crippen molar-refractivity contribution in [2.24, 2.45) is 7.05 Å². The van der Waals surface area contributed by atoms with Gasteiger partial charge < -0.3 is 9.88 Å². The second-order valence-corrected chi connectivity index (χ2v) is 7.19. The molecule has 7 heteroatoms. The van der Waals surface area contributed by atoms with Crippen molar-refractivity contribution in [1.82, 2.24) is 19.7 Å². The molecule has 0 atom stereocenters. The second-order valence-electron chi connectivity index (χ2n) is 4.99. The molecule has 0 spiro atoms. The molecule has 5 nitrogen and oxygen atoms in total. The maximum atomic E-state index is 4.31. The van der Waals surface area contributed by atoms with Gasteiger partial charge in [-0.05, 0) is 31.0 Å². The van der Waals surface area contributed by atoms with Gasteiger partial charge >= 0.3 is 0 Å². The van der Waals surface area contributed by atoms with Gasteiger partial charge in [0.05, 0.1) is 5.75 Å². The Morgan fingerprint density at radius 2 is 2.14 bits per heavy atom. The van der Waals surface area contributed by atoms with E-state index >= 15 is 0 Å². The van der Waals surface area contributed by atoms with Crippen molar-refractivity contribution in [3.05, 3.63) is 47.5 Å². The van der Waals surface area contributed by atoms with Gasteiger partial charge in [-0.25, -0.2) is 4.98 Å². The molecule has 0 saturated heterocycles. The zero-order valence-corrected chi connectivity index (χ0v) is 14.3. The number of thioether (sulfide) groups is 1. The molecule has 3 rings (SSSR count). The predicted molar refractivity (Wildman–Crippen MR) is 91.9 cm³/mol. The zero-order chi connectivity index (χ0) is 15.5. The van der Waals surface area contributed by atoms with E-state index in [-0.39, 0.29) is 0 Å². The Balaban J connectivity index is 1.66. The first-order valence-electron chi connectivity index (χ1n) is 6.89. The normalized spacial score (nSPS) is 10.9. The van der Waals surface area contributed by atoms with Gasteiger partial charge in [0.2, 0.25) is 5.13 Å². The van der Waals surface area contributed by atoms with E-state index < -0.39 is 0 Å². The summed E-state index contributed by atoms with van der Waals surface area (Å²) in [6, 6.07) is 6.21. The molecular weight excluding hydrogens is 314 g/mol. The quantitative estimate of drug-likeness (QED) is 0.718. The van der Waals surface area contributed by atoms with E-state index in [1.165, 1.54) is 11.1 Å². The lowest BCUT2D eigenvalue weighted by Crippen LogP contribution is -1.94. The van der Waals surface area contributed by atoms with Crippen LogP contribution in [0.1, 0.15) is 17.0 Å². The lowest BCUT2D eigenvalue weighted by atomic mass is 10.1. The van der Waals surface area contributed by atoms with Gasteiger partial charge in [0, 0.05) is 25.1 Å². The largest absolute Gasteiger partial charge is 0.337 e. The molecule has 0 fully saturated rings. The number of benzene rings is 1. The third-order valence-electron chi connectivity index (χ3n) is 3.50. The molecule has 3 aromatic rings. The van der Waals surface area contributed by atoms with E-state index in [9.17, 15) is 0 Å². The van der Waals surface area contributed by atoms with E-state index in [1.807, 2.05) is 30.1 Å². The number of hydrogen-bond acceptors (Lipinski definition) is 6. The SMILES string of the molecule is Cc1cccc(Nc2nnc(SCc3nccn3C)s2)c1C. The number of imidazole rings is 1. The van der Waals surface area contributed by atoms with Crippen LogP contribution in [0.15, 0.2) is 34.9 Å². The monoisotopic (exact) mass is 331 g/mol. The van der Waals surface area contributed by atoms with E-state index in [0.717, 1.165) is 26.7 Å². The summed E-state index contributed by atoms with van der Waals surface area (Å²) in [5.74, 6) is 1.82. The van der Waals surface area contributed by atoms with Crippen LogP contribution in [0.4, 0.5) is 10.8 Å². The van der Waals surface area contributed by atoms with Crippen LogP contribution in [0, 0.1) is 13.8 Å². The van der Waals surface area contributed by atoms with Crippen LogP contribution in [0.3, 0.4) is 0 Å². The van der Waals surface area contributed by atoms with Crippen LogP contribution in [0.25, 0.3) is 0 Å². The van der Waals surface area contributed by atoms with Crippen LogP contribution >= 0.6 is 23.1 Å². The Hall–Kier alpha value is -1.86. The fourth-order valence-electron chi connectivity index (χ4n) is 1.98. The van der Waals surface area contributed by atoms with Gasteiger partial charge in [-0.3, -0.25) is 0 Å². The summed E-state index contributed by atoms with van der Waals surface area (Å²) in [5.41, 5.74) is 3.58. The highest BCUT2D eigenvalue weighted by molar-refractivity contribution is 8.00. The summed E-state index contributed by atoms with van der Waals surface area (Å²) in [6.07, 6.45) is 3.76. The maximum Gasteiger partial charge on any atom is 0.210 e. The summed E-state index contributed by atoms with van der Waals surface area (Å²) in [6.45, 7) is 4.21. The molecule has 114 valence electrons. The summed E-state index contributed by atoms with van der Waals surface area (Å²) in [7, 11) is 2.00. The highest BCUT2D eigenvalue weighted by Gasteiger charge is 2.08. The molecule has 0 aliphatic carbocycles. The fourth-order valence-corrected chi connectivity index (χ4v) is 3.75. The molecule has 0 amide bonds. The van der Waals surface area contributed by atoms with E-state index in [0.29, 0.717) is 0 Å². The van der Waals surface area contributed by atoms with Gasteiger partial charge in [0.15, 0.2) is 4.34 Å². The zero-order valence-electron chi connectivity index (χ0n) is 12.7. The highest BCUT2D eigenvalue weighted by atomic mass is 32.2. The lowest BCUT2D eigenvalue weighted by Gasteiger charge is -2.08. The van der Waals surface area contributed by atoms with Gasteiger partial charge in [0.1, 0.15) is 5.82 Å². The minimum atomic E-state index is 0.793. The van der Waals surface area contributed by atoms with Crippen LogP contribution < -0.4 is 5.32 Å². The Labute approximate surface area is 137 Å². The van der Waals surface area contributed by atoms with Gasteiger partial charge in [-0.1, -0.05) is 35.2 Å². The third kappa shape index (κ3) is 3.31. The standard InChI is InChI=1S/C15H17N5S2/c1-10-5-4-6-12(11(10)2)17-14-18-19-15(22-14)21-9-13-16-7-8-20(13)3/h4-8H,9H2,1-3H3,(H,17,18). The molecule has 0 aliphatic heterocycles. The number of nitrogens with zero attached hydrogens (tertiary/aromatic N) is 4. The van der Waals surface area contributed by atoms with Gasteiger partial charge in [-0.2, -0.15) is 0 Å². The lowest BCUT2D eigenvalue weighted by molar-refractivity contribution is 0.848. The Bertz CT molecular complexity index is 778. The van der Waals surface area contributed by atoms with Crippen molar-refractivity contribution >= 4 is 33.9 Å². The molecule has 0 bridgehead atoms. The maximum absolute atomic E-state index is 4.31. The summed E-state index contributed by atoms with van der Waals surface area (Å²) in [4.78, 5) is 4.31. The van der Waals surface area contributed by atoms with Crippen LogP contribution in [-0.2, 0) is 12.8 Å². The minimum absolute atomic E-state index is 0.793. The molecule has 0 unspecified atom stereocenters. The fraction of sp³-hybridized carbons (Fsp3) is 0.267. The predicted octanol–water partition coefficient (Wildman–Crippen LogP) is 3.92. The average molecular weight is 331 g/mol. The second kappa shape index (κ2) is 6.50. The van der Waals surface area contributed by atoms with E-state index in [2.05, 4.69) is 46.5 Å². The molecule has 2 heterocycles. The van der Waals surface area contributed by atoms with Crippen molar-refractivity contribution in [2.45, 2.75) is 23.9 Å². The number of hydrogen-bond donors (Lipinski definition) is 1. The molecule has 0 saturated carbocycles. The summed E-state index contributed by atoms with van der Waals surface area (Å²) in [5, 5.41) is 12.6. The van der Waals surface area contributed by atoms with Crippen LogP contribution in [0.2, 0.25) is 0 Å². The Kier molecular flexibility index (Phi) is 4.44. The molecule has 1 aromatic carbocycles. The van der Waals surface area contributed by atoms with E-state index in [4.69, 9.17) is 0 Å². The summed E-state index contributed by atoms with van der Waals surface area (Å²) >= 11 is 3.22. The molecular formula is C15H17N5S2. The number of aromatic nitrogens is 4. The summed E-state index contributed by atoms with van der Waals surface area (Å²) < 4.78 is 2.96. The highest BCUT2D eigenvalue weighted by Crippen LogP contribution is 2.30. The van der Waals surface area contributed by atoms with Crippen molar-refractivity contribution in [1.29, 1.82) is 0 Å². The molecule has 1 N–H and O–H groups in total. The Morgan fingerprint density at radius 3 is 2.91 bits per heavy atom. The average Bonchev–Trinajstić information content (AvgIpc) is 3.11. The Morgan fingerprint density at radius 1 is 1.27 bits per heavy atom. The molecule has 0 radical (unpaired) electrons. The topological polar surface area (TPSA) is 55.6 Å². The first-order valence-corrected chi connectivity index (χ1v) is 8.69. The van der Waals surface area contributed by atoms with Crippen molar-refractivity contribution in [3.8, 4) is 0 Å². The van der Waals surface area contributed by atoms with Crippen molar-refractivity contribution in [3.63, 3.8) is 0 Å². The van der Waals surface area contributed by atoms with E-state index in [1.54, 1.807) is 23.1 Å².